The topological polar surface area (TPSA) is 60.9 Å². The summed E-state index contributed by atoms with van der Waals surface area (Å²) in [7, 11) is 1.85. The molecule has 0 amide bonds. The fourth-order valence-electron chi connectivity index (χ4n) is 1.78. The second kappa shape index (κ2) is 5.23. The normalized spacial score (nSPS) is 10.6. The number of hydrogen-bond donors (Lipinski definition) is 1. The number of hydrogen-bond acceptors (Lipinski definition) is 3. The van der Waals surface area contributed by atoms with Crippen molar-refractivity contribution in [3.8, 4) is 0 Å². The number of nitrogen functional groups attached to an aromatic ring is 1. The van der Waals surface area contributed by atoms with E-state index in [1.165, 1.54) is 0 Å². The molecule has 2 N–H and O–H groups in total. The minimum Gasteiger partial charge on any atom is -0.399 e. The van der Waals surface area contributed by atoms with Crippen molar-refractivity contribution in [2.24, 2.45) is 7.05 Å². The third-order valence-corrected chi connectivity index (χ3v) is 2.86. The van der Waals surface area contributed by atoms with Gasteiger partial charge >= 0.3 is 0 Å². The lowest BCUT2D eigenvalue weighted by Gasteiger charge is -2.02. The van der Waals surface area contributed by atoms with Gasteiger partial charge in [0.25, 0.3) is 0 Å². The molecular weight excluding hydrogens is 250 g/mol. The molecule has 5 heteroatoms. The number of aryl methyl sites for hydroxylation is 2. The Kier molecular flexibility index (Phi) is 3.67. The van der Waals surface area contributed by atoms with E-state index in [1.807, 2.05) is 13.2 Å². The molecule has 0 unspecified atom stereocenters. The van der Waals surface area contributed by atoms with Crippen LogP contribution in [0, 0.1) is 0 Å². The predicted molar refractivity (Wildman–Crippen MR) is 71.7 cm³/mol. The summed E-state index contributed by atoms with van der Waals surface area (Å²) in [5.74, 6) is 0.0352. The third-order valence-electron chi connectivity index (χ3n) is 2.64. The van der Waals surface area contributed by atoms with E-state index in [9.17, 15) is 4.79 Å². The van der Waals surface area contributed by atoms with Crippen LogP contribution in [0.4, 0.5) is 5.69 Å². The van der Waals surface area contributed by atoms with Gasteiger partial charge in [-0.1, -0.05) is 11.6 Å². The van der Waals surface area contributed by atoms with Gasteiger partial charge in [0.05, 0.1) is 6.20 Å². The number of Topliss-reactive ketones (excluding diaryl/α,β-unsaturated/α-hetero) is 1. The third kappa shape index (κ3) is 3.11. The molecule has 0 aliphatic carbocycles. The highest BCUT2D eigenvalue weighted by Gasteiger charge is 2.08. The average Bonchev–Trinajstić information content (AvgIpc) is 2.70. The summed E-state index contributed by atoms with van der Waals surface area (Å²) in [6.45, 7) is 0. The van der Waals surface area contributed by atoms with Crippen LogP contribution in [0.15, 0.2) is 30.6 Å². The monoisotopic (exact) mass is 263 g/mol. The van der Waals surface area contributed by atoms with Crippen LogP contribution in [0.5, 0.6) is 0 Å². The van der Waals surface area contributed by atoms with Gasteiger partial charge in [-0.05, 0) is 30.2 Å². The van der Waals surface area contributed by atoms with E-state index in [2.05, 4.69) is 5.10 Å². The zero-order chi connectivity index (χ0) is 13.1. The van der Waals surface area contributed by atoms with E-state index in [4.69, 9.17) is 17.3 Å². The number of carbonyl (C=O) groups is 1. The Morgan fingerprint density at radius 1 is 1.44 bits per heavy atom. The number of aromatic nitrogens is 2. The molecule has 4 nitrogen and oxygen atoms in total. The van der Waals surface area contributed by atoms with Crippen molar-refractivity contribution in [1.82, 2.24) is 9.78 Å². The molecule has 1 heterocycles. The van der Waals surface area contributed by atoms with Crippen molar-refractivity contribution >= 4 is 23.1 Å². The van der Waals surface area contributed by atoms with Crippen LogP contribution in [-0.2, 0) is 13.5 Å². The van der Waals surface area contributed by atoms with Crippen LogP contribution < -0.4 is 5.73 Å². The van der Waals surface area contributed by atoms with Gasteiger partial charge in [0, 0.05) is 35.9 Å². The number of nitrogens with zero attached hydrogens (tertiary/aromatic N) is 2. The number of anilines is 1. The summed E-state index contributed by atoms with van der Waals surface area (Å²) in [5.41, 5.74) is 7.77. The van der Waals surface area contributed by atoms with Crippen molar-refractivity contribution < 1.29 is 4.79 Å². The Bertz CT molecular complexity index is 557. The smallest absolute Gasteiger partial charge is 0.163 e. The maximum Gasteiger partial charge on any atom is 0.163 e. The molecule has 0 saturated carbocycles. The van der Waals surface area contributed by atoms with E-state index in [-0.39, 0.29) is 5.78 Å². The van der Waals surface area contributed by atoms with Gasteiger partial charge in [-0.3, -0.25) is 9.48 Å². The minimum absolute atomic E-state index is 0.0352. The van der Waals surface area contributed by atoms with Crippen LogP contribution in [0.25, 0.3) is 0 Å². The fourth-order valence-corrected chi connectivity index (χ4v) is 2.02. The highest BCUT2D eigenvalue weighted by molar-refractivity contribution is 6.31. The molecule has 94 valence electrons. The molecule has 0 atom stereocenters. The van der Waals surface area contributed by atoms with Crippen molar-refractivity contribution in [3.05, 3.63) is 46.7 Å². The summed E-state index contributed by atoms with van der Waals surface area (Å²) in [6, 6.07) is 4.92. The molecular formula is C13H14ClN3O. The van der Waals surface area contributed by atoms with Gasteiger partial charge < -0.3 is 5.73 Å². The maximum absolute atomic E-state index is 12.0. The van der Waals surface area contributed by atoms with Crippen molar-refractivity contribution in [3.63, 3.8) is 0 Å². The van der Waals surface area contributed by atoms with E-state index in [0.717, 1.165) is 5.56 Å². The SMILES string of the molecule is Cn1cc(CCC(=O)c2cc(N)cc(Cl)c2)cn1. The molecule has 2 rings (SSSR count). The highest BCUT2D eigenvalue weighted by Crippen LogP contribution is 2.18. The fraction of sp³-hybridized carbons (Fsp3) is 0.231. The summed E-state index contributed by atoms with van der Waals surface area (Å²) >= 11 is 5.87. The first kappa shape index (κ1) is 12.6. The van der Waals surface area contributed by atoms with Gasteiger partial charge in [-0.2, -0.15) is 5.10 Å². The largest absolute Gasteiger partial charge is 0.399 e. The summed E-state index contributed by atoms with van der Waals surface area (Å²) in [5, 5.41) is 4.55. The Morgan fingerprint density at radius 2 is 2.22 bits per heavy atom. The van der Waals surface area contributed by atoms with Crippen LogP contribution in [-0.4, -0.2) is 15.6 Å². The van der Waals surface area contributed by atoms with Gasteiger partial charge in [-0.15, -0.1) is 0 Å². The van der Waals surface area contributed by atoms with Crippen molar-refractivity contribution in [1.29, 1.82) is 0 Å². The van der Waals surface area contributed by atoms with E-state index in [1.54, 1.807) is 29.1 Å². The zero-order valence-electron chi connectivity index (χ0n) is 10.1. The Morgan fingerprint density at radius 3 is 2.83 bits per heavy atom. The summed E-state index contributed by atoms with van der Waals surface area (Å²) < 4.78 is 1.72. The Labute approximate surface area is 110 Å². The standard InChI is InChI=1S/C13H14ClN3O/c1-17-8-9(7-16-17)2-3-13(18)10-4-11(14)6-12(15)5-10/h4-8H,2-3,15H2,1H3. The lowest BCUT2D eigenvalue weighted by Crippen LogP contribution is -2.02. The van der Waals surface area contributed by atoms with Gasteiger partial charge in [-0.25, -0.2) is 0 Å². The number of nitrogens with two attached hydrogens (primary N) is 1. The summed E-state index contributed by atoms with van der Waals surface area (Å²) in [6.07, 6.45) is 4.75. The van der Waals surface area contributed by atoms with Crippen molar-refractivity contribution in [2.75, 3.05) is 5.73 Å². The number of ketones is 1. The molecule has 0 saturated heterocycles. The molecule has 1 aromatic carbocycles. The van der Waals surface area contributed by atoms with Crippen molar-refractivity contribution in [2.45, 2.75) is 12.8 Å². The molecule has 0 aliphatic rings. The minimum atomic E-state index is 0.0352. The van der Waals surface area contributed by atoms with Gasteiger partial charge in [0.1, 0.15) is 0 Å². The second-order valence-electron chi connectivity index (χ2n) is 4.22. The maximum atomic E-state index is 12.0. The number of carbonyl (C=O) groups excluding carboxylic acids is 1. The first-order chi connectivity index (χ1) is 8.54. The second-order valence-corrected chi connectivity index (χ2v) is 4.66. The number of halogens is 1. The highest BCUT2D eigenvalue weighted by atomic mass is 35.5. The lowest BCUT2D eigenvalue weighted by molar-refractivity contribution is 0.0983. The Balaban J connectivity index is 2.03. The lowest BCUT2D eigenvalue weighted by atomic mass is 10.0. The Hall–Kier alpha value is -1.81. The molecule has 0 radical (unpaired) electrons. The van der Waals surface area contributed by atoms with E-state index in [0.29, 0.717) is 29.1 Å². The predicted octanol–water partition coefficient (Wildman–Crippen LogP) is 2.47. The summed E-state index contributed by atoms with van der Waals surface area (Å²) in [4.78, 5) is 12.0. The first-order valence-electron chi connectivity index (χ1n) is 5.61. The molecule has 1 aromatic heterocycles. The van der Waals surface area contributed by atoms with Gasteiger partial charge in [0.2, 0.25) is 0 Å². The van der Waals surface area contributed by atoms with E-state index < -0.39 is 0 Å². The van der Waals surface area contributed by atoms with E-state index >= 15 is 0 Å². The molecule has 0 aliphatic heterocycles. The van der Waals surface area contributed by atoms with Crippen LogP contribution >= 0.6 is 11.6 Å². The number of rotatable bonds is 4. The molecule has 0 fully saturated rings. The molecule has 2 aromatic rings. The van der Waals surface area contributed by atoms with Crippen LogP contribution in [0.3, 0.4) is 0 Å². The quantitative estimate of drug-likeness (QED) is 0.681. The van der Waals surface area contributed by atoms with Crippen LogP contribution in [0.1, 0.15) is 22.3 Å². The van der Waals surface area contributed by atoms with Crippen LogP contribution in [0.2, 0.25) is 5.02 Å². The average molecular weight is 264 g/mol. The van der Waals surface area contributed by atoms with Gasteiger partial charge in [0.15, 0.2) is 5.78 Å². The molecule has 0 bridgehead atoms. The zero-order valence-corrected chi connectivity index (χ0v) is 10.8. The first-order valence-corrected chi connectivity index (χ1v) is 5.99. The molecule has 18 heavy (non-hydrogen) atoms. The molecule has 0 spiro atoms. The number of benzene rings is 1.